The fourth-order valence-electron chi connectivity index (χ4n) is 1.75. The molecule has 0 spiro atoms. The molecule has 0 atom stereocenters. The molecule has 0 aliphatic rings. The molecule has 1 aromatic heterocycles. The minimum Gasteiger partial charge on any atom is -0.231 e. The lowest BCUT2D eigenvalue weighted by Gasteiger charge is -2.14. The summed E-state index contributed by atoms with van der Waals surface area (Å²) in [5.41, 5.74) is -3.06. The molecule has 1 heterocycles. The molecule has 1 aromatic carbocycles. The van der Waals surface area contributed by atoms with Gasteiger partial charge in [0, 0.05) is 5.56 Å². The lowest BCUT2D eigenvalue weighted by Crippen LogP contribution is -2.11. The molecule has 0 saturated heterocycles. The Morgan fingerprint density at radius 2 is 1.52 bits per heavy atom. The number of benzene rings is 1. The van der Waals surface area contributed by atoms with Crippen molar-refractivity contribution in [3.63, 3.8) is 0 Å². The second-order valence-electron chi connectivity index (χ2n) is 4.11. The number of nitrogens with zero attached hydrogens (tertiary/aromatic N) is 1. The summed E-state index contributed by atoms with van der Waals surface area (Å²) < 4.78 is 76.6. The lowest BCUT2D eigenvalue weighted by atomic mass is 10.0. The number of aromatic nitrogens is 1. The highest BCUT2D eigenvalue weighted by atomic mass is 35.5. The van der Waals surface area contributed by atoms with Gasteiger partial charge in [0.25, 0.3) is 0 Å². The van der Waals surface area contributed by atoms with Crippen LogP contribution in [0.5, 0.6) is 0 Å². The molecule has 2 aromatic rings. The molecule has 0 saturated carbocycles. The molecule has 21 heavy (non-hydrogen) atoms. The summed E-state index contributed by atoms with van der Waals surface area (Å²) in [5.74, 6) is 0. The first-order chi connectivity index (χ1) is 9.59. The van der Waals surface area contributed by atoms with E-state index in [4.69, 9.17) is 11.6 Å². The highest BCUT2D eigenvalue weighted by Gasteiger charge is 2.37. The van der Waals surface area contributed by atoms with Crippen molar-refractivity contribution < 1.29 is 26.3 Å². The summed E-state index contributed by atoms with van der Waals surface area (Å²) in [5, 5.41) is -0.391. The molecule has 0 radical (unpaired) electrons. The Kier molecular flexibility index (Phi) is 3.88. The van der Waals surface area contributed by atoms with Gasteiger partial charge >= 0.3 is 12.4 Å². The molecular weight excluding hydrogens is 320 g/mol. The Bertz CT molecular complexity index is 662. The van der Waals surface area contributed by atoms with E-state index in [1.54, 1.807) is 0 Å². The second kappa shape index (κ2) is 5.22. The van der Waals surface area contributed by atoms with E-state index >= 15 is 0 Å². The third kappa shape index (κ3) is 3.47. The van der Waals surface area contributed by atoms with Crippen molar-refractivity contribution in [3.05, 3.63) is 52.8 Å². The fourth-order valence-corrected chi connectivity index (χ4v) is 1.89. The average molecular weight is 326 g/mol. The smallest absolute Gasteiger partial charge is 0.231 e. The zero-order chi connectivity index (χ0) is 15.8. The van der Waals surface area contributed by atoms with E-state index in [0.29, 0.717) is 6.07 Å². The average Bonchev–Trinajstić information content (AvgIpc) is 2.37. The van der Waals surface area contributed by atoms with Crippen LogP contribution in [0, 0.1) is 0 Å². The SMILES string of the molecule is FC(F)(F)c1cccc(-c2ccc(Cl)nc2C(F)(F)F)c1. The van der Waals surface area contributed by atoms with Gasteiger partial charge in [-0.05, 0) is 29.8 Å². The maximum atomic E-state index is 12.9. The topological polar surface area (TPSA) is 12.9 Å². The van der Waals surface area contributed by atoms with Crippen LogP contribution in [0.25, 0.3) is 11.1 Å². The van der Waals surface area contributed by atoms with E-state index < -0.39 is 34.3 Å². The summed E-state index contributed by atoms with van der Waals surface area (Å²) in [6.45, 7) is 0. The van der Waals surface area contributed by atoms with Crippen LogP contribution in [0.1, 0.15) is 11.3 Å². The second-order valence-corrected chi connectivity index (χ2v) is 4.49. The largest absolute Gasteiger partial charge is 0.434 e. The molecule has 2 rings (SSSR count). The standard InChI is InChI=1S/C13H6ClF6N/c14-10-5-4-9(11(21-10)13(18,19)20)7-2-1-3-8(6-7)12(15,16)17/h1-6H. The Balaban J connectivity index is 2.63. The first kappa shape index (κ1) is 15.6. The van der Waals surface area contributed by atoms with Crippen LogP contribution in [0.3, 0.4) is 0 Å². The van der Waals surface area contributed by atoms with Gasteiger partial charge in [-0.15, -0.1) is 0 Å². The Morgan fingerprint density at radius 3 is 2.10 bits per heavy atom. The van der Waals surface area contributed by atoms with E-state index in [1.165, 1.54) is 0 Å². The zero-order valence-electron chi connectivity index (χ0n) is 10.1. The van der Waals surface area contributed by atoms with Crippen molar-refractivity contribution in [1.82, 2.24) is 4.98 Å². The summed E-state index contributed by atoms with van der Waals surface area (Å²) in [4.78, 5) is 3.17. The molecule has 0 amide bonds. The van der Waals surface area contributed by atoms with E-state index in [2.05, 4.69) is 4.98 Å². The van der Waals surface area contributed by atoms with Crippen molar-refractivity contribution in [1.29, 1.82) is 0 Å². The summed E-state index contributed by atoms with van der Waals surface area (Å²) in [7, 11) is 0. The quantitative estimate of drug-likeness (QED) is 0.502. The molecule has 0 bridgehead atoms. The van der Waals surface area contributed by atoms with Crippen molar-refractivity contribution in [3.8, 4) is 11.1 Å². The first-order valence-corrected chi connectivity index (χ1v) is 5.88. The van der Waals surface area contributed by atoms with Crippen molar-refractivity contribution >= 4 is 11.6 Å². The van der Waals surface area contributed by atoms with Gasteiger partial charge in [-0.3, -0.25) is 0 Å². The van der Waals surface area contributed by atoms with Crippen LogP contribution in [-0.2, 0) is 12.4 Å². The van der Waals surface area contributed by atoms with Gasteiger partial charge < -0.3 is 0 Å². The van der Waals surface area contributed by atoms with E-state index in [0.717, 1.165) is 30.3 Å². The van der Waals surface area contributed by atoms with Crippen LogP contribution in [0.2, 0.25) is 5.15 Å². The van der Waals surface area contributed by atoms with Gasteiger partial charge in [0.05, 0.1) is 5.56 Å². The summed E-state index contributed by atoms with van der Waals surface area (Å²) in [6, 6.07) is 5.68. The normalized spacial score (nSPS) is 12.5. The van der Waals surface area contributed by atoms with Gasteiger partial charge in [0.1, 0.15) is 5.15 Å². The third-order valence-corrected chi connectivity index (χ3v) is 2.84. The molecule has 0 aliphatic carbocycles. The maximum absolute atomic E-state index is 12.9. The van der Waals surface area contributed by atoms with E-state index in [1.807, 2.05) is 0 Å². The number of halogens is 7. The van der Waals surface area contributed by atoms with Gasteiger partial charge in [-0.2, -0.15) is 26.3 Å². The highest BCUT2D eigenvalue weighted by Crippen LogP contribution is 2.38. The fraction of sp³-hybridized carbons (Fsp3) is 0.154. The number of rotatable bonds is 1. The minimum atomic E-state index is -4.82. The molecule has 0 N–H and O–H groups in total. The van der Waals surface area contributed by atoms with Crippen LogP contribution in [0.15, 0.2) is 36.4 Å². The number of pyridine rings is 1. The van der Waals surface area contributed by atoms with Crippen LogP contribution < -0.4 is 0 Å². The maximum Gasteiger partial charge on any atom is 0.434 e. The first-order valence-electron chi connectivity index (χ1n) is 5.50. The van der Waals surface area contributed by atoms with Crippen molar-refractivity contribution in [2.24, 2.45) is 0 Å². The molecule has 8 heteroatoms. The molecule has 0 aliphatic heterocycles. The van der Waals surface area contributed by atoms with E-state index in [-0.39, 0.29) is 5.56 Å². The summed E-state index contributed by atoms with van der Waals surface area (Å²) in [6.07, 6.45) is -9.47. The number of hydrogen-bond donors (Lipinski definition) is 0. The predicted molar refractivity (Wildman–Crippen MR) is 64.7 cm³/mol. The monoisotopic (exact) mass is 325 g/mol. The predicted octanol–water partition coefficient (Wildman–Crippen LogP) is 5.44. The molecule has 0 unspecified atom stereocenters. The lowest BCUT2D eigenvalue weighted by molar-refractivity contribution is -0.140. The Hall–Kier alpha value is -1.76. The van der Waals surface area contributed by atoms with Crippen LogP contribution in [-0.4, -0.2) is 4.98 Å². The van der Waals surface area contributed by atoms with Gasteiger partial charge in [-0.1, -0.05) is 23.7 Å². The Labute approximate surface area is 120 Å². The van der Waals surface area contributed by atoms with E-state index in [9.17, 15) is 26.3 Å². The highest BCUT2D eigenvalue weighted by molar-refractivity contribution is 6.29. The van der Waals surface area contributed by atoms with Gasteiger partial charge in [0.2, 0.25) is 0 Å². The van der Waals surface area contributed by atoms with Gasteiger partial charge in [0.15, 0.2) is 5.69 Å². The van der Waals surface area contributed by atoms with Crippen molar-refractivity contribution in [2.45, 2.75) is 12.4 Å². The summed E-state index contributed by atoms with van der Waals surface area (Å²) >= 11 is 5.42. The van der Waals surface area contributed by atoms with Crippen molar-refractivity contribution in [2.75, 3.05) is 0 Å². The number of alkyl halides is 6. The molecular formula is C13H6ClF6N. The van der Waals surface area contributed by atoms with Gasteiger partial charge in [-0.25, -0.2) is 4.98 Å². The molecule has 1 nitrogen and oxygen atoms in total. The zero-order valence-corrected chi connectivity index (χ0v) is 10.8. The molecule has 0 fully saturated rings. The molecule has 112 valence electrons. The number of hydrogen-bond acceptors (Lipinski definition) is 1. The van der Waals surface area contributed by atoms with Crippen LogP contribution >= 0.6 is 11.6 Å². The third-order valence-electron chi connectivity index (χ3n) is 2.63. The Morgan fingerprint density at radius 1 is 0.857 bits per heavy atom. The minimum absolute atomic E-state index is 0.235. The van der Waals surface area contributed by atoms with Crippen LogP contribution in [0.4, 0.5) is 26.3 Å².